The van der Waals surface area contributed by atoms with Crippen LogP contribution in [0.25, 0.3) is 0 Å². The van der Waals surface area contributed by atoms with E-state index < -0.39 is 5.91 Å². The molecule has 0 fully saturated rings. The maximum Gasteiger partial charge on any atom is 0.297 e. The molecular weight excluding hydrogens is 262 g/mol. The van der Waals surface area contributed by atoms with E-state index in [1.165, 1.54) is 0 Å². The molecule has 2 N–H and O–H groups in total. The fourth-order valence-corrected chi connectivity index (χ4v) is 1.58. The minimum absolute atomic E-state index is 0.0470. The van der Waals surface area contributed by atoms with Crippen LogP contribution < -0.4 is 14.8 Å². The Labute approximate surface area is 115 Å². The highest BCUT2D eigenvalue weighted by atomic mass is 16.5. The molecule has 8 heteroatoms. The second-order valence-corrected chi connectivity index (χ2v) is 3.71. The van der Waals surface area contributed by atoms with E-state index in [2.05, 4.69) is 25.9 Å². The van der Waals surface area contributed by atoms with Gasteiger partial charge in [-0.3, -0.25) is 4.79 Å². The van der Waals surface area contributed by atoms with E-state index in [1.807, 2.05) is 13.8 Å². The molecule has 20 heavy (non-hydrogen) atoms. The molecule has 0 unspecified atom stereocenters. The Morgan fingerprint density at radius 1 is 1.30 bits per heavy atom. The summed E-state index contributed by atoms with van der Waals surface area (Å²) >= 11 is 0. The number of aromatic amines is 1. The van der Waals surface area contributed by atoms with Gasteiger partial charge in [0.05, 0.1) is 18.9 Å². The maximum atomic E-state index is 11.9. The molecular formula is C12H15N5O3. The summed E-state index contributed by atoms with van der Waals surface area (Å²) in [6.45, 7) is 4.76. The van der Waals surface area contributed by atoms with Crippen LogP contribution in [-0.4, -0.2) is 39.7 Å². The normalized spacial score (nSPS) is 10.1. The minimum Gasteiger partial charge on any atom is -0.494 e. The van der Waals surface area contributed by atoms with Gasteiger partial charge in [0.1, 0.15) is 11.5 Å². The van der Waals surface area contributed by atoms with Gasteiger partial charge in [-0.1, -0.05) is 0 Å². The van der Waals surface area contributed by atoms with Crippen molar-refractivity contribution in [2.75, 3.05) is 18.5 Å². The number of anilines is 1. The number of carbonyl (C=O) groups is 1. The van der Waals surface area contributed by atoms with E-state index in [4.69, 9.17) is 9.47 Å². The number of nitrogens with zero attached hydrogens (tertiary/aromatic N) is 3. The molecule has 106 valence electrons. The molecule has 0 aliphatic rings. The zero-order valence-corrected chi connectivity index (χ0v) is 11.2. The molecule has 1 aromatic carbocycles. The Kier molecular flexibility index (Phi) is 4.48. The van der Waals surface area contributed by atoms with Crippen LogP contribution in [0.15, 0.2) is 18.2 Å². The van der Waals surface area contributed by atoms with E-state index in [-0.39, 0.29) is 5.82 Å². The summed E-state index contributed by atoms with van der Waals surface area (Å²) in [6.07, 6.45) is 0. The lowest BCUT2D eigenvalue weighted by molar-refractivity contribution is 0.101. The molecule has 1 amide bonds. The molecule has 1 heterocycles. The van der Waals surface area contributed by atoms with Gasteiger partial charge in [0.15, 0.2) is 0 Å². The summed E-state index contributed by atoms with van der Waals surface area (Å²) in [6, 6.07) is 5.20. The molecule has 0 spiro atoms. The lowest BCUT2D eigenvalue weighted by atomic mass is 10.2. The Morgan fingerprint density at radius 2 is 2.10 bits per heavy atom. The van der Waals surface area contributed by atoms with Crippen molar-refractivity contribution in [3.63, 3.8) is 0 Å². The zero-order valence-electron chi connectivity index (χ0n) is 11.2. The number of H-pyrrole nitrogens is 1. The molecule has 2 aromatic rings. The summed E-state index contributed by atoms with van der Waals surface area (Å²) in [5, 5.41) is 15.5. The predicted octanol–water partition coefficient (Wildman–Crippen LogP) is 1.25. The number of rotatable bonds is 6. The number of tetrazole rings is 1. The average molecular weight is 277 g/mol. The minimum atomic E-state index is -0.478. The predicted molar refractivity (Wildman–Crippen MR) is 70.9 cm³/mol. The highest BCUT2D eigenvalue weighted by Gasteiger charge is 2.14. The number of ether oxygens (including phenoxy) is 2. The number of hydrogen-bond donors (Lipinski definition) is 2. The van der Waals surface area contributed by atoms with Crippen molar-refractivity contribution in [2.45, 2.75) is 13.8 Å². The Morgan fingerprint density at radius 3 is 2.75 bits per heavy atom. The van der Waals surface area contributed by atoms with E-state index >= 15 is 0 Å². The average Bonchev–Trinajstić information content (AvgIpc) is 2.96. The molecule has 2 rings (SSSR count). The summed E-state index contributed by atoms with van der Waals surface area (Å²) in [4.78, 5) is 11.9. The van der Waals surface area contributed by atoms with Crippen molar-refractivity contribution < 1.29 is 14.3 Å². The molecule has 0 aliphatic carbocycles. The fourth-order valence-electron chi connectivity index (χ4n) is 1.58. The lowest BCUT2D eigenvalue weighted by Gasteiger charge is -2.12. The van der Waals surface area contributed by atoms with Gasteiger partial charge in [0.25, 0.3) is 11.7 Å². The van der Waals surface area contributed by atoms with Crippen LogP contribution in [0.1, 0.15) is 24.5 Å². The highest BCUT2D eigenvalue weighted by Crippen LogP contribution is 2.29. The molecule has 0 bridgehead atoms. The van der Waals surface area contributed by atoms with Crippen LogP contribution in [0.3, 0.4) is 0 Å². The smallest absolute Gasteiger partial charge is 0.297 e. The van der Waals surface area contributed by atoms with Gasteiger partial charge < -0.3 is 14.8 Å². The third-order valence-electron chi connectivity index (χ3n) is 2.36. The summed E-state index contributed by atoms with van der Waals surface area (Å²) in [5.74, 6) is 0.662. The standard InChI is InChI=1S/C12H15N5O3/c1-3-19-8-5-6-10(20-4-2)9(7-8)13-12(18)11-14-16-17-15-11/h5-7H,3-4H2,1-2H3,(H,13,18)(H,14,15,16,17). The van der Waals surface area contributed by atoms with Gasteiger partial charge in [0, 0.05) is 6.07 Å². The number of carbonyl (C=O) groups excluding carboxylic acids is 1. The van der Waals surface area contributed by atoms with Crippen LogP contribution in [0.4, 0.5) is 5.69 Å². The van der Waals surface area contributed by atoms with Crippen molar-refractivity contribution in [1.82, 2.24) is 20.6 Å². The van der Waals surface area contributed by atoms with Crippen LogP contribution in [0.5, 0.6) is 11.5 Å². The third-order valence-corrected chi connectivity index (χ3v) is 2.36. The molecule has 0 saturated carbocycles. The maximum absolute atomic E-state index is 11.9. The molecule has 8 nitrogen and oxygen atoms in total. The number of amides is 1. The van der Waals surface area contributed by atoms with Gasteiger partial charge >= 0.3 is 0 Å². The Balaban J connectivity index is 2.22. The molecule has 1 aromatic heterocycles. The van der Waals surface area contributed by atoms with Crippen LogP contribution >= 0.6 is 0 Å². The fraction of sp³-hybridized carbons (Fsp3) is 0.333. The summed E-state index contributed by atoms with van der Waals surface area (Å²) in [5.41, 5.74) is 0.493. The topological polar surface area (TPSA) is 102 Å². The van der Waals surface area contributed by atoms with Crippen LogP contribution in [0, 0.1) is 0 Å². The van der Waals surface area contributed by atoms with E-state index in [9.17, 15) is 4.79 Å². The first-order valence-corrected chi connectivity index (χ1v) is 6.19. The van der Waals surface area contributed by atoms with Crippen LogP contribution in [-0.2, 0) is 0 Å². The number of aromatic nitrogens is 4. The summed E-state index contributed by atoms with van der Waals surface area (Å²) < 4.78 is 10.8. The lowest BCUT2D eigenvalue weighted by Crippen LogP contribution is -2.15. The van der Waals surface area contributed by atoms with Gasteiger partial charge in [-0.25, -0.2) is 0 Å². The van der Waals surface area contributed by atoms with Gasteiger partial charge in [-0.05, 0) is 31.2 Å². The Bertz CT molecular complexity index is 570. The monoisotopic (exact) mass is 277 g/mol. The van der Waals surface area contributed by atoms with E-state index in [1.54, 1.807) is 18.2 Å². The first-order valence-electron chi connectivity index (χ1n) is 6.19. The van der Waals surface area contributed by atoms with E-state index in [0.717, 1.165) is 0 Å². The van der Waals surface area contributed by atoms with Gasteiger partial charge in [0.2, 0.25) is 0 Å². The first-order chi connectivity index (χ1) is 9.74. The number of nitrogens with one attached hydrogen (secondary N) is 2. The van der Waals surface area contributed by atoms with Crippen molar-refractivity contribution >= 4 is 11.6 Å². The number of hydrogen-bond acceptors (Lipinski definition) is 6. The van der Waals surface area contributed by atoms with Crippen LogP contribution in [0.2, 0.25) is 0 Å². The molecule has 0 aliphatic heterocycles. The van der Waals surface area contributed by atoms with Gasteiger partial charge in [-0.2, -0.15) is 5.21 Å². The second-order valence-electron chi connectivity index (χ2n) is 3.71. The van der Waals surface area contributed by atoms with Crippen molar-refractivity contribution in [3.05, 3.63) is 24.0 Å². The van der Waals surface area contributed by atoms with Gasteiger partial charge in [-0.15, -0.1) is 10.2 Å². The zero-order chi connectivity index (χ0) is 14.4. The first kappa shape index (κ1) is 13.8. The number of benzene rings is 1. The second kappa shape index (κ2) is 6.50. The van der Waals surface area contributed by atoms with Crippen molar-refractivity contribution in [1.29, 1.82) is 0 Å². The molecule has 0 saturated heterocycles. The Hall–Kier alpha value is -2.64. The quantitative estimate of drug-likeness (QED) is 0.823. The summed E-state index contributed by atoms with van der Waals surface area (Å²) in [7, 11) is 0. The van der Waals surface area contributed by atoms with Crippen molar-refractivity contribution in [2.24, 2.45) is 0 Å². The molecule has 0 atom stereocenters. The highest BCUT2D eigenvalue weighted by molar-refractivity contribution is 6.02. The molecule has 0 radical (unpaired) electrons. The third kappa shape index (κ3) is 3.22. The largest absolute Gasteiger partial charge is 0.494 e. The SMILES string of the molecule is CCOc1ccc(OCC)c(NC(=O)c2nn[nH]n2)c1. The van der Waals surface area contributed by atoms with E-state index in [0.29, 0.717) is 30.4 Å². The van der Waals surface area contributed by atoms with Crippen molar-refractivity contribution in [3.8, 4) is 11.5 Å².